The van der Waals surface area contributed by atoms with Crippen LogP contribution in [0.1, 0.15) is 41.7 Å². The van der Waals surface area contributed by atoms with Crippen molar-refractivity contribution >= 4 is 40.9 Å². The maximum absolute atomic E-state index is 13.0. The van der Waals surface area contributed by atoms with E-state index in [1.54, 1.807) is 6.07 Å². The van der Waals surface area contributed by atoms with Crippen LogP contribution in [0, 0.1) is 0 Å². The van der Waals surface area contributed by atoms with Crippen LogP contribution in [0.25, 0.3) is 10.9 Å². The minimum Gasteiger partial charge on any atom is -0.461 e. The van der Waals surface area contributed by atoms with Gasteiger partial charge in [0.1, 0.15) is 5.69 Å². The summed E-state index contributed by atoms with van der Waals surface area (Å²) < 4.78 is 12.5. The molecule has 34 heavy (non-hydrogen) atoms. The Labute approximate surface area is 206 Å². The summed E-state index contributed by atoms with van der Waals surface area (Å²) in [6.45, 7) is 4.29. The van der Waals surface area contributed by atoms with Gasteiger partial charge in [-0.25, -0.2) is 4.79 Å². The van der Waals surface area contributed by atoms with E-state index in [9.17, 15) is 9.59 Å². The predicted molar refractivity (Wildman–Crippen MR) is 136 cm³/mol. The van der Waals surface area contributed by atoms with Gasteiger partial charge >= 0.3 is 5.97 Å². The molecule has 1 aliphatic heterocycles. The Kier molecular flexibility index (Phi) is 9.10. The van der Waals surface area contributed by atoms with Crippen LogP contribution in [0.15, 0.2) is 54.6 Å². The van der Waals surface area contributed by atoms with Gasteiger partial charge in [0.05, 0.1) is 12.6 Å². The standard InChI is InChI=1S/C26H31N3O4.ClH/c1-3-32-14-7-15-33-26(31)23-17-19-16-20(10-11-22(19)29(23)2)28-25(30)24-21(12-13-27-24)18-8-5-4-6-9-18;/h4-6,8-11,16-17,21,24,27H,3,7,12-15H2,1-2H3,(H,28,30);1H/t21-,24+;/m0./s1. The van der Waals surface area contributed by atoms with Crippen LogP contribution in [0.2, 0.25) is 0 Å². The summed E-state index contributed by atoms with van der Waals surface area (Å²) in [6.07, 6.45) is 1.59. The Morgan fingerprint density at radius 2 is 1.91 bits per heavy atom. The number of fused-ring (bicyclic) bond motifs is 1. The molecule has 1 fully saturated rings. The summed E-state index contributed by atoms with van der Waals surface area (Å²) in [7, 11) is 1.84. The number of amides is 1. The minimum absolute atomic E-state index is 0. The van der Waals surface area contributed by atoms with Crippen LogP contribution in [0.3, 0.4) is 0 Å². The number of rotatable bonds is 9. The van der Waals surface area contributed by atoms with Gasteiger partial charge in [0.15, 0.2) is 0 Å². The van der Waals surface area contributed by atoms with E-state index in [2.05, 4.69) is 22.8 Å². The van der Waals surface area contributed by atoms with E-state index >= 15 is 0 Å². The predicted octanol–water partition coefficient (Wildman–Crippen LogP) is 4.27. The molecule has 8 heteroatoms. The molecule has 2 atom stereocenters. The molecule has 0 radical (unpaired) electrons. The van der Waals surface area contributed by atoms with Gasteiger partial charge in [0.25, 0.3) is 0 Å². The molecule has 0 saturated carbocycles. The smallest absolute Gasteiger partial charge is 0.354 e. The molecule has 1 amide bonds. The van der Waals surface area contributed by atoms with E-state index < -0.39 is 0 Å². The summed E-state index contributed by atoms with van der Waals surface area (Å²) in [5, 5.41) is 7.25. The molecule has 4 rings (SSSR count). The van der Waals surface area contributed by atoms with Gasteiger partial charge < -0.3 is 24.7 Å². The number of halogens is 1. The molecule has 0 aliphatic carbocycles. The zero-order valence-corrected chi connectivity index (χ0v) is 20.4. The second-order valence-electron chi connectivity index (χ2n) is 8.28. The van der Waals surface area contributed by atoms with Crippen LogP contribution < -0.4 is 10.6 Å². The Hall–Kier alpha value is -2.87. The van der Waals surface area contributed by atoms with Gasteiger partial charge in [0.2, 0.25) is 5.91 Å². The summed E-state index contributed by atoms with van der Waals surface area (Å²) in [4.78, 5) is 25.6. The lowest BCUT2D eigenvalue weighted by molar-refractivity contribution is -0.118. The fraction of sp³-hybridized carbons (Fsp3) is 0.385. The number of carbonyl (C=O) groups excluding carboxylic acids is 2. The van der Waals surface area contributed by atoms with Crippen molar-refractivity contribution in [3.8, 4) is 0 Å². The molecule has 3 aromatic rings. The van der Waals surface area contributed by atoms with E-state index in [0.29, 0.717) is 37.6 Å². The van der Waals surface area contributed by atoms with Crippen molar-refractivity contribution in [1.82, 2.24) is 9.88 Å². The second kappa shape index (κ2) is 12.0. The van der Waals surface area contributed by atoms with Crippen molar-refractivity contribution in [1.29, 1.82) is 0 Å². The number of carbonyl (C=O) groups is 2. The SMILES string of the molecule is CCOCCCOC(=O)c1cc2cc(NC(=O)[C@@H]3NCC[C@H]3c3ccccc3)ccc2n1C.Cl. The number of hydrogen-bond acceptors (Lipinski definition) is 5. The monoisotopic (exact) mass is 485 g/mol. The number of aryl methyl sites for hydroxylation is 1. The van der Waals surface area contributed by atoms with Crippen molar-refractivity contribution in [2.24, 2.45) is 7.05 Å². The maximum atomic E-state index is 13.0. The number of nitrogens with zero attached hydrogens (tertiary/aromatic N) is 1. The maximum Gasteiger partial charge on any atom is 0.354 e. The van der Waals surface area contributed by atoms with Crippen molar-refractivity contribution < 1.29 is 19.1 Å². The molecule has 1 saturated heterocycles. The summed E-state index contributed by atoms with van der Waals surface area (Å²) in [6, 6.07) is 17.3. The van der Waals surface area contributed by atoms with Gasteiger partial charge in [-0.1, -0.05) is 30.3 Å². The van der Waals surface area contributed by atoms with Crippen LogP contribution >= 0.6 is 12.4 Å². The molecule has 2 aromatic carbocycles. The number of nitrogens with one attached hydrogen (secondary N) is 2. The Bertz CT molecular complexity index is 1120. The van der Waals surface area contributed by atoms with E-state index in [-0.39, 0.29) is 36.2 Å². The summed E-state index contributed by atoms with van der Waals surface area (Å²) >= 11 is 0. The van der Waals surface area contributed by atoms with E-state index in [1.165, 1.54) is 5.56 Å². The lowest BCUT2D eigenvalue weighted by Gasteiger charge is -2.19. The Balaban J connectivity index is 0.00000324. The highest BCUT2D eigenvalue weighted by atomic mass is 35.5. The first-order valence-electron chi connectivity index (χ1n) is 11.5. The first kappa shape index (κ1) is 25.7. The van der Waals surface area contributed by atoms with Crippen LogP contribution in [0.4, 0.5) is 5.69 Å². The fourth-order valence-electron chi connectivity index (χ4n) is 4.43. The fourth-order valence-corrected chi connectivity index (χ4v) is 4.43. The highest BCUT2D eigenvalue weighted by Crippen LogP contribution is 2.29. The number of benzene rings is 2. The van der Waals surface area contributed by atoms with Gasteiger partial charge in [-0.3, -0.25) is 4.79 Å². The van der Waals surface area contributed by atoms with E-state index in [4.69, 9.17) is 9.47 Å². The number of esters is 1. The molecule has 1 aromatic heterocycles. The molecule has 2 heterocycles. The molecule has 1 aliphatic rings. The van der Waals surface area contributed by atoms with Crippen molar-refractivity contribution in [3.05, 3.63) is 65.9 Å². The molecular formula is C26H32ClN3O4. The Morgan fingerprint density at radius 1 is 1.12 bits per heavy atom. The van der Waals surface area contributed by atoms with Crippen LogP contribution in [0.5, 0.6) is 0 Å². The van der Waals surface area contributed by atoms with Gasteiger partial charge in [-0.15, -0.1) is 12.4 Å². The number of hydrogen-bond donors (Lipinski definition) is 2. The first-order chi connectivity index (χ1) is 16.1. The lowest BCUT2D eigenvalue weighted by atomic mass is 9.91. The van der Waals surface area contributed by atoms with Crippen molar-refractivity contribution in [3.63, 3.8) is 0 Å². The third-order valence-electron chi connectivity index (χ3n) is 6.12. The molecule has 0 bridgehead atoms. The zero-order chi connectivity index (χ0) is 23.2. The van der Waals surface area contributed by atoms with E-state index in [0.717, 1.165) is 23.9 Å². The highest BCUT2D eigenvalue weighted by molar-refractivity contribution is 6.00. The van der Waals surface area contributed by atoms with E-state index in [1.807, 2.05) is 54.9 Å². The second-order valence-corrected chi connectivity index (χ2v) is 8.28. The first-order valence-corrected chi connectivity index (χ1v) is 11.5. The lowest BCUT2D eigenvalue weighted by Crippen LogP contribution is -2.39. The molecular weight excluding hydrogens is 454 g/mol. The van der Waals surface area contributed by atoms with Crippen LogP contribution in [-0.4, -0.2) is 48.9 Å². The van der Waals surface area contributed by atoms with Gasteiger partial charge in [0, 0.05) is 49.2 Å². The molecule has 0 spiro atoms. The largest absolute Gasteiger partial charge is 0.461 e. The van der Waals surface area contributed by atoms with Crippen LogP contribution in [-0.2, 0) is 21.3 Å². The summed E-state index contributed by atoms with van der Waals surface area (Å²) in [5.74, 6) is -0.266. The zero-order valence-electron chi connectivity index (χ0n) is 19.6. The van der Waals surface area contributed by atoms with Crippen molar-refractivity contribution in [2.75, 3.05) is 31.7 Å². The Morgan fingerprint density at radius 3 is 2.68 bits per heavy atom. The summed E-state index contributed by atoms with van der Waals surface area (Å²) in [5.41, 5.74) is 3.25. The van der Waals surface area contributed by atoms with Gasteiger partial charge in [-0.2, -0.15) is 0 Å². The number of anilines is 1. The third kappa shape index (κ3) is 5.78. The number of ether oxygens (including phenoxy) is 2. The molecule has 7 nitrogen and oxygen atoms in total. The van der Waals surface area contributed by atoms with Gasteiger partial charge in [-0.05, 0) is 49.7 Å². The topological polar surface area (TPSA) is 81.6 Å². The molecule has 2 N–H and O–H groups in total. The molecule has 182 valence electrons. The highest BCUT2D eigenvalue weighted by Gasteiger charge is 2.33. The normalized spacial score (nSPS) is 17.4. The average molecular weight is 486 g/mol. The molecule has 0 unspecified atom stereocenters. The third-order valence-corrected chi connectivity index (χ3v) is 6.12. The number of aromatic nitrogens is 1. The average Bonchev–Trinajstić information content (AvgIpc) is 3.44. The minimum atomic E-state index is -0.364. The quantitative estimate of drug-likeness (QED) is 0.349. The van der Waals surface area contributed by atoms with Crippen molar-refractivity contribution in [2.45, 2.75) is 31.7 Å².